The molecule has 0 spiro atoms. The van der Waals surface area contributed by atoms with Gasteiger partial charge < -0.3 is 18.9 Å². The lowest BCUT2D eigenvalue weighted by Gasteiger charge is -2.36. The molecule has 1 unspecified atom stereocenters. The first kappa shape index (κ1) is 24.7. The summed E-state index contributed by atoms with van der Waals surface area (Å²) in [4.78, 5) is 30.5. The average Bonchev–Trinajstić information content (AvgIpc) is 3.23. The van der Waals surface area contributed by atoms with Gasteiger partial charge in [-0.05, 0) is 36.6 Å². The minimum absolute atomic E-state index is 0.0432. The fourth-order valence-electron chi connectivity index (χ4n) is 5.67. The van der Waals surface area contributed by atoms with Crippen molar-refractivity contribution >= 4 is 22.7 Å². The SMILES string of the molecule is COCCN1CCN(CC2CCc3c(c4ccccc4n3Cc3ccc(C(=O)OC)cc3)C2=O)CC1. The first-order valence-corrected chi connectivity index (χ1v) is 12.8. The molecule has 1 aromatic heterocycles. The van der Waals surface area contributed by atoms with Gasteiger partial charge in [-0.15, -0.1) is 0 Å². The fraction of sp³-hybridized carbons (Fsp3) is 0.448. The van der Waals surface area contributed by atoms with Crippen LogP contribution in [0.2, 0.25) is 0 Å². The van der Waals surface area contributed by atoms with E-state index in [0.29, 0.717) is 12.1 Å². The maximum atomic E-state index is 13.8. The molecule has 7 heteroatoms. The summed E-state index contributed by atoms with van der Waals surface area (Å²) in [6, 6.07) is 15.8. The topological polar surface area (TPSA) is 64.0 Å². The normalized spacial score (nSPS) is 18.9. The first-order chi connectivity index (χ1) is 17.6. The minimum atomic E-state index is -0.335. The van der Waals surface area contributed by atoms with E-state index in [1.165, 1.54) is 7.11 Å². The van der Waals surface area contributed by atoms with Crippen molar-refractivity contribution in [2.75, 3.05) is 60.1 Å². The highest BCUT2D eigenvalue weighted by Crippen LogP contribution is 2.35. The molecule has 1 saturated heterocycles. The van der Waals surface area contributed by atoms with Crippen LogP contribution in [0.15, 0.2) is 48.5 Å². The smallest absolute Gasteiger partial charge is 0.337 e. The quantitative estimate of drug-likeness (QED) is 0.452. The van der Waals surface area contributed by atoms with Crippen LogP contribution >= 0.6 is 0 Å². The summed E-state index contributed by atoms with van der Waals surface area (Å²) >= 11 is 0. The van der Waals surface area contributed by atoms with Crippen molar-refractivity contribution < 1.29 is 19.1 Å². The van der Waals surface area contributed by atoms with Gasteiger partial charge in [-0.3, -0.25) is 9.69 Å². The van der Waals surface area contributed by atoms with Gasteiger partial charge in [0.1, 0.15) is 0 Å². The molecule has 5 rings (SSSR count). The van der Waals surface area contributed by atoms with Crippen molar-refractivity contribution in [1.29, 1.82) is 0 Å². The summed E-state index contributed by atoms with van der Waals surface area (Å²) in [5, 5.41) is 1.05. The number of rotatable bonds is 8. The fourth-order valence-corrected chi connectivity index (χ4v) is 5.67. The second kappa shape index (κ2) is 10.9. The zero-order chi connectivity index (χ0) is 25.1. The lowest BCUT2D eigenvalue weighted by atomic mass is 9.84. The molecule has 3 aromatic rings. The lowest BCUT2D eigenvalue weighted by molar-refractivity contribution is 0.0600. The van der Waals surface area contributed by atoms with E-state index >= 15 is 0 Å². The second-order valence-corrected chi connectivity index (χ2v) is 9.85. The third kappa shape index (κ3) is 4.96. The van der Waals surface area contributed by atoms with Gasteiger partial charge in [-0.25, -0.2) is 4.79 Å². The molecule has 1 atom stereocenters. The number of methoxy groups -OCH3 is 2. The monoisotopic (exact) mass is 489 g/mol. The van der Waals surface area contributed by atoms with Crippen molar-refractivity contribution in [3.05, 3.63) is 70.9 Å². The van der Waals surface area contributed by atoms with Crippen LogP contribution < -0.4 is 0 Å². The van der Waals surface area contributed by atoms with E-state index in [0.717, 1.165) is 86.4 Å². The van der Waals surface area contributed by atoms with Crippen LogP contribution in [-0.2, 0) is 22.4 Å². The molecule has 1 fully saturated rings. The average molecular weight is 490 g/mol. The summed E-state index contributed by atoms with van der Waals surface area (Å²) < 4.78 is 12.3. The molecule has 0 radical (unpaired) electrons. The Morgan fingerprint density at radius 1 is 0.972 bits per heavy atom. The second-order valence-electron chi connectivity index (χ2n) is 9.85. The Labute approximate surface area is 212 Å². The largest absolute Gasteiger partial charge is 0.465 e. The first-order valence-electron chi connectivity index (χ1n) is 12.8. The number of carbonyl (C=O) groups excluding carboxylic acids is 2. The predicted octanol–water partition coefficient (Wildman–Crippen LogP) is 3.49. The van der Waals surface area contributed by atoms with E-state index in [9.17, 15) is 9.59 Å². The number of ether oxygens (including phenoxy) is 2. The minimum Gasteiger partial charge on any atom is -0.465 e. The van der Waals surface area contributed by atoms with E-state index in [4.69, 9.17) is 9.47 Å². The molecule has 190 valence electrons. The molecule has 7 nitrogen and oxygen atoms in total. The van der Waals surface area contributed by atoms with E-state index in [-0.39, 0.29) is 17.7 Å². The third-order valence-electron chi connectivity index (χ3n) is 7.70. The molecule has 2 aromatic carbocycles. The predicted molar refractivity (Wildman–Crippen MR) is 140 cm³/mol. The number of para-hydroxylation sites is 1. The van der Waals surface area contributed by atoms with Crippen LogP contribution in [0.3, 0.4) is 0 Å². The Hall–Kier alpha value is -3.00. The molecule has 0 bridgehead atoms. The number of benzene rings is 2. The van der Waals surface area contributed by atoms with Gasteiger partial charge in [0.15, 0.2) is 5.78 Å². The molecule has 2 aliphatic rings. The standard InChI is InChI=1S/C29H35N3O4/c1-35-18-17-30-13-15-31(16-14-30)20-23-11-12-26-27(28(23)33)24-5-3-4-6-25(24)32(26)19-21-7-9-22(10-8-21)29(34)36-2/h3-10,23H,11-20H2,1-2H3. The maximum absolute atomic E-state index is 13.8. The Morgan fingerprint density at radius 2 is 1.69 bits per heavy atom. The van der Waals surface area contributed by atoms with Gasteiger partial charge in [0.2, 0.25) is 0 Å². The lowest BCUT2D eigenvalue weighted by Crippen LogP contribution is -2.49. The summed E-state index contributed by atoms with van der Waals surface area (Å²) in [7, 11) is 3.14. The molecule has 0 N–H and O–H groups in total. The van der Waals surface area contributed by atoms with Crippen LogP contribution in [-0.4, -0.2) is 86.2 Å². The van der Waals surface area contributed by atoms with Crippen molar-refractivity contribution in [3.63, 3.8) is 0 Å². The zero-order valence-electron chi connectivity index (χ0n) is 21.2. The van der Waals surface area contributed by atoms with E-state index in [1.54, 1.807) is 19.2 Å². The van der Waals surface area contributed by atoms with Gasteiger partial charge in [0.05, 0.1) is 19.3 Å². The van der Waals surface area contributed by atoms with Crippen molar-refractivity contribution in [3.8, 4) is 0 Å². The molecule has 1 aliphatic heterocycles. The number of nitrogens with zero attached hydrogens (tertiary/aromatic N) is 3. The van der Waals surface area contributed by atoms with Gasteiger partial charge in [0, 0.05) is 81.0 Å². The highest BCUT2D eigenvalue weighted by atomic mass is 16.5. The Morgan fingerprint density at radius 3 is 2.42 bits per heavy atom. The number of aromatic nitrogens is 1. The molecular weight excluding hydrogens is 454 g/mol. The van der Waals surface area contributed by atoms with Crippen molar-refractivity contribution in [1.82, 2.24) is 14.4 Å². The summed E-state index contributed by atoms with van der Waals surface area (Å²) in [6.45, 7) is 7.31. The van der Waals surface area contributed by atoms with E-state index < -0.39 is 0 Å². The Kier molecular flexibility index (Phi) is 7.51. The highest BCUT2D eigenvalue weighted by molar-refractivity contribution is 6.11. The summed E-state index contributed by atoms with van der Waals surface area (Å²) in [5.41, 5.74) is 4.77. The van der Waals surface area contributed by atoms with Gasteiger partial charge >= 0.3 is 5.97 Å². The zero-order valence-corrected chi connectivity index (χ0v) is 21.2. The number of carbonyl (C=O) groups is 2. The Balaban J connectivity index is 1.34. The molecular formula is C29H35N3O4. The van der Waals surface area contributed by atoms with Gasteiger partial charge in [-0.2, -0.15) is 0 Å². The molecule has 36 heavy (non-hydrogen) atoms. The van der Waals surface area contributed by atoms with Crippen molar-refractivity contribution in [2.24, 2.45) is 5.92 Å². The van der Waals surface area contributed by atoms with Crippen LogP contribution in [0.4, 0.5) is 0 Å². The number of ketones is 1. The molecule has 0 saturated carbocycles. The van der Waals surface area contributed by atoms with Gasteiger partial charge in [-0.1, -0.05) is 30.3 Å². The molecule has 1 aliphatic carbocycles. The van der Waals surface area contributed by atoms with Crippen LogP contribution in [0.1, 0.15) is 38.4 Å². The number of esters is 1. The molecule has 2 heterocycles. The highest BCUT2D eigenvalue weighted by Gasteiger charge is 2.34. The van der Waals surface area contributed by atoms with Crippen molar-refractivity contribution in [2.45, 2.75) is 19.4 Å². The van der Waals surface area contributed by atoms with E-state index in [2.05, 4.69) is 26.5 Å². The Bertz CT molecular complexity index is 1230. The maximum Gasteiger partial charge on any atom is 0.337 e. The number of hydrogen-bond acceptors (Lipinski definition) is 6. The number of fused-ring (bicyclic) bond motifs is 3. The van der Waals surface area contributed by atoms with Crippen LogP contribution in [0.5, 0.6) is 0 Å². The van der Waals surface area contributed by atoms with Crippen LogP contribution in [0.25, 0.3) is 10.9 Å². The van der Waals surface area contributed by atoms with Crippen LogP contribution in [0, 0.1) is 5.92 Å². The third-order valence-corrected chi connectivity index (χ3v) is 7.70. The number of Topliss-reactive ketones (excluding diaryl/α,β-unsaturated/α-hetero) is 1. The van der Waals surface area contributed by atoms with Gasteiger partial charge in [0.25, 0.3) is 0 Å². The number of piperazine rings is 1. The van der Waals surface area contributed by atoms with E-state index in [1.807, 2.05) is 24.3 Å². The summed E-state index contributed by atoms with van der Waals surface area (Å²) in [5.74, 6) is -0.00551. The number of hydrogen-bond donors (Lipinski definition) is 0. The summed E-state index contributed by atoms with van der Waals surface area (Å²) in [6.07, 6.45) is 1.78. The molecule has 0 amide bonds.